The van der Waals surface area contributed by atoms with E-state index in [-0.39, 0.29) is 24.3 Å². The number of carboxylic acid groups (broad SMARTS) is 1. The number of halogens is 3. The Labute approximate surface area is 228 Å². The molecule has 11 heteroatoms. The number of nitrogens with zero attached hydrogens (tertiary/aromatic N) is 2. The Bertz CT molecular complexity index is 1330. The average Bonchev–Trinajstić information content (AvgIpc) is 2.93. The molecule has 39 heavy (non-hydrogen) atoms. The van der Waals surface area contributed by atoms with E-state index in [9.17, 15) is 33.3 Å². The molecule has 0 spiro atoms. The number of methoxy groups -OCH3 is 1. The van der Waals surface area contributed by atoms with Crippen LogP contribution in [0.1, 0.15) is 42.9 Å². The first kappa shape index (κ1) is 29.1. The van der Waals surface area contributed by atoms with Crippen molar-refractivity contribution in [1.29, 1.82) is 0 Å². The van der Waals surface area contributed by atoms with E-state index in [2.05, 4.69) is 4.98 Å². The Balaban J connectivity index is 1.39. The summed E-state index contributed by atoms with van der Waals surface area (Å²) in [5.41, 5.74) is 0.580. The lowest BCUT2D eigenvalue weighted by atomic mass is 9.74. The molecule has 1 fully saturated rings. The molecule has 0 aliphatic carbocycles. The van der Waals surface area contributed by atoms with Crippen molar-refractivity contribution in [2.75, 3.05) is 32.5 Å². The minimum atomic E-state index is -1.23. The molecule has 0 amide bonds. The number of piperidine rings is 1. The van der Waals surface area contributed by atoms with Crippen LogP contribution in [0, 0.1) is 22.9 Å². The Morgan fingerprint density at radius 2 is 1.95 bits per heavy atom. The van der Waals surface area contributed by atoms with Crippen molar-refractivity contribution in [1.82, 2.24) is 9.88 Å². The molecule has 1 unspecified atom stereocenters. The van der Waals surface area contributed by atoms with Gasteiger partial charge in [0.2, 0.25) is 0 Å². The van der Waals surface area contributed by atoms with Crippen LogP contribution in [0.3, 0.4) is 0 Å². The molecule has 2 heterocycles. The monoisotopic (exact) mass is 564 g/mol. The number of hydrogen-bond acceptors (Lipinski definition) is 7. The molecule has 210 valence electrons. The zero-order valence-corrected chi connectivity index (χ0v) is 22.3. The lowest BCUT2D eigenvalue weighted by Crippen LogP contribution is -2.45. The number of likely N-dealkylation sites (tertiary alicyclic amines) is 1. The highest BCUT2D eigenvalue weighted by atomic mass is 32.2. The van der Waals surface area contributed by atoms with E-state index in [1.54, 1.807) is 18.2 Å². The fourth-order valence-corrected chi connectivity index (χ4v) is 6.12. The zero-order valence-electron chi connectivity index (χ0n) is 21.5. The summed E-state index contributed by atoms with van der Waals surface area (Å²) in [4.78, 5) is 18.7. The number of aliphatic carboxylic acids is 1. The summed E-state index contributed by atoms with van der Waals surface area (Å²) in [5.74, 6) is -3.11. The smallest absolute Gasteiger partial charge is 0.309 e. The maximum absolute atomic E-state index is 13.9. The molecule has 7 nitrogen and oxygen atoms in total. The molecule has 1 aromatic heterocycles. The normalized spacial score (nSPS) is 16.4. The Hall–Kier alpha value is -2.86. The van der Waals surface area contributed by atoms with Crippen LogP contribution in [0.5, 0.6) is 5.75 Å². The maximum Gasteiger partial charge on any atom is 0.309 e. The summed E-state index contributed by atoms with van der Waals surface area (Å²) in [5, 5.41) is 31.8. The first-order chi connectivity index (χ1) is 18.7. The van der Waals surface area contributed by atoms with Gasteiger partial charge in [0.25, 0.3) is 0 Å². The van der Waals surface area contributed by atoms with Gasteiger partial charge in [-0.15, -0.1) is 11.8 Å². The minimum Gasteiger partial charge on any atom is -0.497 e. The van der Waals surface area contributed by atoms with Crippen LogP contribution in [-0.2, 0) is 11.4 Å². The number of benzene rings is 2. The molecule has 1 atom stereocenters. The summed E-state index contributed by atoms with van der Waals surface area (Å²) in [6, 6.07) is 6.73. The third-order valence-electron chi connectivity index (χ3n) is 7.49. The summed E-state index contributed by atoms with van der Waals surface area (Å²) in [6.07, 6.45) is 1.63. The first-order valence-corrected chi connectivity index (χ1v) is 13.6. The summed E-state index contributed by atoms with van der Waals surface area (Å²) in [6.45, 7) is 1.15. The van der Waals surface area contributed by atoms with Crippen molar-refractivity contribution < 1.29 is 38.0 Å². The molecule has 4 rings (SSSR count). The third-order valence-corrected chi connectivity index (χ3v) is 8.49. The van der Waals surface area contributed by atoms with Gasteiger partial charge in [0, 0.05) is 40.4 Å². The number of fused-ring (bicyclic) bond motifs is 1. The molecule has 1 aliphatic heterocycles. The summed E-state index contributed by atoms with van der Waals surface area (Å²) >= 11 is 1.01. The standard InChI is InChI=1S/C28H31F3N2O5S/c1-38-19-2-3-22-20(14-19)25(17(16-34)15-32-22)23(35)4-5-28(27(36)37)6-8-33(9-7-28)10-11-39-24-13-18(29)12-21(30)26(24)31/h2-3,12-15,23,34-35H,4-11,16H2,1H3,(H,36,37). The van der Waals surface area contributed by atoms with Crippen LogP contribution in [0.4, 0.5) is 13.2 Å². The number of pyridine rings is 1. The highest BCUT2D eigenvalue weighted by molar-refractivity contribution is 7.99. The lowest BCUT2D eigenvalue weighted by Gasteiger charge is -2.39. The van der Waals surface area contributed by atoms with E-state index in [0.29, 0.717) is 72.1 Å². The highest BCUT2D eigenvalue weighted by Gasteiger charge is 2.41. The van der Waals surface area contributed by atoms with Gasteiger partial charge in [-0.25, -0.2) is 13.2 Å². The first-order valence-electron chi connectivity index (χ1n) is 12.6. The number of carbonyl (C=O) groups is 1. The molecule has 2 aromatic carbocycles. The van der Waals surface area contributed by atoms with Crippen LogP contribution >= 0.6 is 11.8 Å². The number of rotatable bonds is 11. The Morgan fingerprint density at radius 3 is 2.62 bits per heavy atom. The van der Waals surface area contributed by atoms with Crippen molar-refractivity contribution in [3.05, 3.63) is 65.1 Å². The lowest BCUT2D eigenvalue weighted by molar-refractivity contribution is -0.153. The Kier molecular flexibility index (Phi) is 9.37. The number of aromatic nitrogens is 1. The maximum atomic E-state index is 13.9. The Morgan fingerprint density at radius 1 is 1.21 bits per heavy atom. The van der Waals surface area contributed by atoms with Gasteiger partial charge in [0.15, 0.2) is 11.6 Å². The number of aliphatic hydroxyl groups is 2. The molecule has 1 saturated heterocycles. The summed E-state index contributed by atoms with van der Waals surface area (Å²) in [7, 11) is 1.53. The molecular formula is C28H31F3N2O5S. The van der Waals surface area contributed by atoms with Crippen molar-refractivity contribution in [2.24, 2.45) is 5.41 Å². The molecule has 3 aromatic rings. The number of carboxylic acids is 1. The van der Waals surface area contributed by atoms with Crippen LogP contribution < -0.4 is 4.74 Å². The van der Waals surface area contributed by atoms with E-state index in [1.165, 1.54) is 13.3 Å². The minimum absolute atomic E-state index is 0.0955. The van der Waals surface area contributed by atoms with Gasteiger partial charge < -0.3 is 25.0 Å². The number of ether oxygens (including phenoxy) is 1. The molecule has 0 bridgehead atoms. The molecular weight excluding hydrogens is 533 g/mol. The summed E-state index contributed by atoms with van der Waals surface area (Å²) < 4.78 is 46.1. The van der Waals surface area contributed by atoms with Crippen LogP contribution in [0.2, 0.25) is 0 Å². The predicted molar refractivity (Wildman–Crippen MR) is 141 cm³/mol. The van der Waals surface area contributed by atoms with Gasteiger partial charge in [-0.1, -0.05) is 0 Å². The fourth-order valence-electron chi connectivity index (χ4n) is 5.13. The van der Waals surface area contributed by atoms with Crippen molar-refractivity contribution >= 4 is 28.6 Å². The van der Waals surface area contributed by atoms with Crippen molar-refractivity contribution in [2.45, 2.75) is 43.3 Å². The van der Waals surface area contributed by atoms with Gasteiger partial charge in [-0.2, -0.15) is 0 Å². The zero-order chi connectivity index (χ0) is 28.2. The van der Waals surface area contributed by atoms with Gasteiger partial charge in [0.05, 0.1) is 30.8 Å². The van der Waals surface area contributed by atoms with Crippen molar-refractivity contribution in [3.63, 3.8) is 0 Å². The van der Waals surface area contributed by atoms with Crippen LogP contribution in [0.25, 0.3) is 10.9 Å². The van der Waals surface area contributed by atoms with Gasteiger partial charge in [-0.05, 0) is 68.6 Å². The number of thioether (sulfide) groups is 1. The van der Waals surface area contributed by atoms with E-state index in [0.717, 1.165) is 17.8 Å². The second-order valence-corrected chi connectivity index (χ2v) is 10.9. The van der Waals surface area contributed by atoms with Crippen LogP contribution in [-0.4, -0.2) is 63.7 Å². The topological polar surface area (TPSA) is 103 Å². The van der Waals surface area contributed by atoms with E-state index in [4.69, 9.17) is 4.74 Å². The second kappa shape index (κ2) is 12.5. The van der Waals surface area contributed by atoms with Crippen molar-refractivity contribution in [3.8, 4) is 5.75 Å². The van der Waals surface area contributed by atoms with E-state index < -0.39 is 34.9 Å². The fraction of sp³-hybridized carbons (Fsp3) is 0.429. The molecule has 3 N–H and O–H groups in total. The number of aliphatic hydroxyl groups excluding tert-OH is 2. The highest BCUT2D eigenvalue weighted by Crippen LogP contribution is 2.40. The van der Waals surface area contributed by atoms with Gasteiger partial charge in [0.1, 0.15) is 11.6 Å². The number of hydrogen-bond donors (Lipinski definition) is 3. The van der Waals surface area contributed by atoms with E-state index in [1.807, 2.05) is 4.90 Å². The second-order valence-electron chi connectivity index (χ2n) is 9.77. The molecule has 1 aliphatic rings. The largest absolute Gasteiger partial charge is 0.497 e. The molecule has 0 saturated carbocycles. The quantitative estimate of drug-likeness (QED) is 0.223. The average molecular weight is 565 g/mol. The van der Waals surface area contributed by atoms with Crippen LogP contribution in [0.15, 0.2) is 41.4 Å². The third kappa shape index (κ3) is 6.49. The van der Waals surface area contributed by atoms with Gasteiger partial charge >= 0.3 is 5.97 Å². The van der Waals surface area contributed by atoms with Gasteiger partial charge in [-0.3, -0.25) is 9.78 Å². The van der Waals surface area contributed by atoms with E-state index >= 15 is 0 Å². The predicted octanol–water partition coefficient (Wildman–Crippen LogP) is 4.93. The SMILES string of the molecule is COc1ccc2ncc(CO)c(C(O)CCC3(C(=O)O)CCN(CCSc4cc(F)cc(F)c4F)CC3)c2c1. The molecule has 0 radical (unpaired) electrons.